The lowest BCUT2D eigenvalue weighted by atomic mass is 9.81. The van der Waals surface area contributed by atoms with Crippen molar-refractivity contribution in [3.05, 3.63) is 0 Å². The largest absolute Gasteiger partial charge is 0.481 e. The summed E-state index contributed by atoms with van der Waals surface area (Å²) in [5, 5.41) is 11.8. The molecule has 0 bridgehead atoms. The monoisotopic (exact) mass is 303 g/mol. The molecule has 0 unspecified atom stereocenters. The molecule has 0 aromatic carbocycles. The van der Waals surface area contributed by atoms with Crippen molar-refractivity contribution in [2.24, 2.45) is 11.8 Å². The van der Waals surface area contributed by atoms with Gasteiger partial charge in [-0.25, -0.2) is 8.42 Å². The van der Waals surface area contributed by atoms with E-state index in [1.807, 2.05) is 0 Å². The zero-order chi connectivity index (χ0) is 14.8. The Morgan fingerprint density at radius 1 is 0.900 bits per heavy atom. The molecule has 1 aliphatic carbocycles. The molecule has 1 aliphatic heterocycles. The molecule has 2 N–H and O–H groups in total. The minimum absolute atomic E-state index is 0.0434. The van der Waals surface area contributed by atoms with Crippen LogP contribution in [-0.4, -0.2) is 42.9 Å². The maximum atomic E-state index is 12.1. The summed E-state index contributed by atoms with van der Waals surface area (Å²) in [5.41, 5.74) is 0. The van der Waals surface area contributed by atoms with Gasteiger partial charge in [0.1, 0.15) is 9.84 Å². The van der Waals surface area contributed by atoms with Gasteiger partial charge in [-0.2, -0.15) is 0 Å². The molecule has 0 aromatic heterocycles. The molecule has 1 heterocycles. The molecule has 114 valence electrons. The molecule has 2 rings (SSSR count). The second-order valence-electron chi connectivity index (χ2n) is 5.82. The van der Waals surface area contributed by atoms with Crippen LogP contribution in [-0.2, 0) is 19.4 Å². The maximum Gasteiger partial charge on any atom is 0.306 e. The molecule has 1 amide bonds. The first-order valence-corrected chi connectivity index (χ1v) is 8.93. The highest BCUT2D eigenvalue weighted by atomic mass is 32.2. The lowest BCUT2D eigenvalue weighted by Gasteiger charge is -2.28. The Morgan fingerprint density at radius 2 is 1.40 bits per heavy atom. The number of aliphatic carboxylic acids is 1. The van der Waals surface area contributed by atoms with E-state index in [4.69, 9.17) is 5.11 Å². The summed E-state index contributed by atoms with van der Waals surface area (Å²) in [6, 6.07) is -0.0526. The molecule has 2 fully saturated rings. The molecular formula is C13H21NO5S. The number of amides is 1. The van der Waals surface area contributed by atoms with E-state index < -0.39 is 15.8 Å². The number of rotatable bonds is 3. The van der Waals surface area contributed by atoms with E-state index in [1.54, 1.807) is 0 Å². The number of carbonyl (C=O) groups excluding carboxylic acids is 1. The van der Waals surface area contributed by atoms with Crippen LogP contribution in [0.1, 0.15) is 38.5 Å². The predicted octanol–water partition coefficient (Wildman–Crippen LogP) is 0.571. The van der Waals surface area contributed by atoms with Crippen LogP contribution in [0.5, 0.6) is 0 Å². The fourth-order valence-electron chi connectivity index (χ4n) is 2.96. The quantitative estimate of drug-likeness (QED) is 0.794. The number of carboxylic acids is 1. The second kappa shape index (κ2) is 6.11. The van der Waals surface area contributed by atoms with E-state index in [-0.39, 0.29) is 35.3 Å². The maximum absolute atomic E-state index is 12.1. The lowest BCUT2D eigenvalue weighted by Crippen LogP contribution is -2.44. The molecule has 7 heteroatoms. The smallest absolute Gasteiger partial charge is 0.306 e. The molecule has 20 heavy (non-hydrogen) atoms. The lowest BCUT2D eigenvalue weighted by molar-refractivity contribution is -0.144. The Balaban J connectivity index is 1.77. The minimum Gasteiger partial charge on any atom is -0.481 e. The molecule has 0 spiro atoms. The van der Waals surface area contributed by atoms with Gasteiger partial charge in [0.15, 0.2) is 0 Å². The van der Waals surface area contributed by atoms with Gasteiger partial charge in [-0.3, -0.25) is 9.59 Å². The number of hydrogen-bond acceptors (Lipinski definition) is 4. The topological polar surface area (TPSA) is 101 Å². The van der Waals surface area contributed by atoms with Gasteiger partial charge in [0, 0.05) is 12.0 Å². The van der Waals surface area contributed by atoms with Crippen LogP contribution < -0.4 is 5.32 Å². The van der Waals surface area contributed by atoms with Gasteiger partial charge in [0.25, 0.3) is 0 Å². The van der Waals surface area contributed by atoms with Crippen molar-refractivity contribution < 1.29 is 23.1 Å². The van der Waals surface area contributed by atoms with Gasteiger partial charge in [-0.15, -0.1) is 0 Å². The molecule has 1 saturated heterocycles. The second-order valence-corrected chi connectivity index (χ2v) is 8.13. The van der Waals surface area contributed by atoms with E-state index in [0.29, 0.717) is 38.5 Å². The summed E-state index contributed by atoms with van der Waals surface area (Å²) in [4.78, 5) is 22.9. The van der Waals surface area contributed by atoms with Crippen LogP contribution in [0.25, 0.3) is 0 Å². The van der Waals surface area contributed by atoms with Crippen LogP contribution in [0.15, 0.2) is 0 Å². The van der Waals surface area contributed by atoms with Gasteiger partial charge >= 0.3 is 5.97 Å². The van der Waals surface area contributed by atoms with Crippen molar-refractivity contribution in [2.45, 2.75) is 44.6 Å². The van der Waals surface area contributed by atoms with Crippen molar-refractivity contribution in [1.82, 2.24) is 5.32 Å². The number of nitrogens with one attached hydrogen (secondary N) is 1. The number of carbonyl (C=O) groups is 2. The third kappa shape index (κ3) is 3.94. The van der Waals surface area contributed by atoms with Crippen molar-refractivity contribution >= 4 is 21.7 Å². The fraction of sp³-hybridized carbons (Fsp3) is 0.846. The minimum atomic E-state index is -2.91. The molecule has 6 nitrogen and oxygen atoms in total. The van der Waals surface area contributed by atoms with E-state index in [1.165, 1.54) is 0 Å². The van der Waals surface area contributed by atoms with Crippen LogP contribution in [0.3, 0.4) is 0 Å². The number of sulfone groups is 1. The van der Waals surface area contributed by atoms with Gasteiger partial charge in [-0.05, 0) is 38.5 Å². The molecule has 0 aromatic rings. The SMILES string of the molecule is O=C(O)C1CCC(C(=O)NC2CCS(=O)(=O)CC2)CC1. The average Bonchev–Trinajstić information content (AvgIpc) is 2.41. The van der Waals surface area contributed by atoms with Gasteiger partial charge in [0.2, 0.25) is 5.91 Å². The van der Waals surface area contributed by atoms with Crippen LogP contribution in [0.2, 0.25) is 0 Å². The van der Waals surface area contributed by atoms with Crippen LogP contribution >= 0.6 is 0 Å². The van der Waals surface area contributed by atoms with Gasteiger partial charge in [-0.1, -0.05) is 0 Å². The van der Waals surface area contributed by atoms with E-state index >= 15 is 0 Å². The highest BCUT2D eigenvalue weighted by molar-refractivity contribution is 7.91. The summed E-state index contributed by atoms with van der Waals surface area (Å²) in [5.74, 6) is -0.976. The molecule has 1 saturated carbocycles. The fourth-order valence-corrected chi connectivity index (χ4v) is 4.45. The third-order valence-corrected chi connectivity index (χ3v) is 6.06. The van der Waals surface area contributed by atoms with Gasteiger partial charge < -0.3 is 10.4 Å². The summed E-state index contributed by atoms with van der Waals surface area (Å²) in [6.07, 6.45) is 3.28. The summed E-state index contributed by atoms with van der Waals surface area (Å²) in [7, 11) is -2.91. The number of hydrogen-bond donors (Lipinski definition) is 2. The Morgan fingerprint density at radius 3 is 1.90 bits per heavy atom. The Hall–Kier alpha value is -1.11. The standard InChI is InChI=1S/C13H21NO5S/c15-12(9-1-3-10(4-2-9)13(16)17)14-11-5-7-20(18,19)8-6-11/h9-11H,1-8H2,(H,14,15)(H,16,17). The van der Waals surface area contributed by atoms with Crippen molar-refractivity contribution in [2.75, 3.05) is 11.5 Å². The normalized spacial score (nSPS) is 30.6. The van der Waals surface area contributed by atoms with E-state index in [2.05, 4.69) is 5.32 Å². The first kappa shape index (κ1) is 15.3. The Kier molecular flexibility index (Phi) is 4.67. The van der Waals surface area contributed by atoms with Crippen molar-refractivity contribution in [3.8, 4) is 0 Å². The zero-order valence-corrected chi connectivity index (χ0v) is 12.2. The Labute approximate surface area is 118 Å². The molecular weight excluding hydrogens is 282 g/mol. The summed E-state index contributed by atoms with van der Waals surface area (Å²) >= 11 is 0. The highest BCUT2D eigenvalue weighted by Gasteiger charge is 2.31. The molecule has 0 atom stereocenters. The predicted molar refractivity (Wildman–Crippen MR) is 72.9 cm³/mol. The highest BCUT2D eigenvalue weighted by Crippen LogP contribution is 2.29. The van der Waals surface area contributed by atoms with Crippen LogP contribution in [0.4, 0.5) is 0 Å². The first-order chi connectivity index (χ1) is 9.37. The molecule has 0 radical (unpaired) electrons. The number of carboxylic acid groups (broad SMARTS) is 1. The van der Waals surface area contributed by atoms with E-state index in [9.17, 15) is 18.0 Å². The Bertz CT molecular complexity index is 465. The summed E-state index contributed by atoms with van der Waals surface area (Å²) < 4.78 is 22.6. The van der Waals surface area contributed by atoms with Crippen molar-refractivity contribution in [3.63, 3.8) is 0 Å². The third-order valence-electron chi connectivity index (χ3n) is 4.35. The average molecular weight is 303 g/mol. The first-order valence-electron chi connectivity index (χ1n) is 7.11. The van der Waals surface area contributed by atoms with Crippen LogP contribution in [0, 0.1) is 11.8 Å². The zero-order valence-electron chi connectivity index (χ0n) is 11.4. The van der Waals surface area contributed by atoms with E-state index in [0.717, 1.165) is 0 Å². The molecule has 2 aliphatic rings. The van der Waals surface area contributed by atoms with Gasteiger partial charge in [0.05, 0.1) is 17.4 Å². The van der Waals surface area contributed by atoms with Crippen molar-refractivity contribution in [1.29, 1.82) is 0 Å². The summed E-state index contributed by atoms with van der Waals surface area (Å²) in [6.45, 7) is 0.